The standard InChI is InChI=1S/C15H22N2O6/c1-9(18)8-16-12(15(20)21)7-14(19)17-11-6-10(22-2)4-5-13(11)23-3/h4-6,9,12,16,18H,7-8H2,1-3H3,(H,17,19)(H,20,21). The fourth-order valence-electron chi connectivity index (χ4n) is 1.86. The lowest BCUT2D eigenvalue weighted by molar-refractivity contribution is -0.141. The molecule has 0 bridgehead atoms. The summed E-state index contributed by atoms with van der Waals surface area (Å²) in [5.41, 5.74) is 0.386. The van der Waals surface area contributed by atoms with E-state index in [9.17, 15) is 14.7 Å². The highest BCUT2D eigenvalue weighted by Gasteiger charge is 2.22. The van der Waals surface area contributed by atoms with Gasteiger partial charge in [-0.25, -0.2) is 0 Å². The van der Waals surface area contributed by atoms with Crippen LogP contribution < -0.4 is 20.1 Å². The Morgan fingerprint density at radius 3 is 2.48 bits per heavy atom. The molecule has 0 saturated heterocycles. The van der Waals surface area contributed by atoms with Crippen LogP contribution in [-0.4, -0.2) is 55.0 Å². The van der Waals surface area contributed by atoms with Crippen LogP contribution >= 0.6 is 0 Å². The number of benzene rings is 1. The Bertz CT molecular complexity index is 547. The molecule has 0 aliphatic carbocycles. The molecule has 1 amide bonds. The maximum atomic E-state index is 12.1. The van der Waals surface area contributed by atoms with Gasteiger partial charge >= 0.3 is 5.97 Å². The molecule has 2 atom stereocenters. The molecule has 0 aliphatic heterocycles. The molecule has 8 heteroatoms. The zero-order valence-corrected chi connectivity index (χ0v) is 13.3. The number of nitrogens with one attached hydrogen (secondary N) is 2. The third kappa shape index (κ3) is 6.13. The lowest BCUT2D eigenvalue weighted by Gasteiger charge is -2.16. The van der Waals surface area contributed by atoms with Crippen LogP contribution in [0.2, 0.25) is 0 Å². The highest BCUT2D eigenvalue weighted by molar-refractivity contribution is 5.95. The summed E-state index contributed by atoms with van der Waals surface area (Å²) in [6.45, 7) is 1.60. The van der Waals surface area contributed by atoms with E-state index in [4.69, 9.17) is 14.6 Å². The molecule has 8 nitrogen and oxygen atoms in total. The number of aliphatic carboxylic acids is 1. The number of aliphatic hydroxyl groups excluding tert-OH is 1. The van der Waals surface area contributed by atoms with Gasteiger partial charge < -0.3 is 30.3 Å². The van der Waals surface area contributed by atoms with Gasteiger partial charge in [-0.05, 0) is 19.1 Å². The molecule has 2 unspecified atom stereocenters. The molecule has 1 rings (SSSR count). The molecular weight excluding hydrogens is 304 g/mol. The van der Waals surface area contributed by atoms with Gasteiger partial charge in [-0.1, -0.05) is 0 Å². The third-order valence-electron chi connectivity index (χ3n) is 3.03. The van der Waals surface area contributed by atoms with E-state index in [-0.39, 0.29) is 13.0 Å². The van der Waals surface area contributed by atoms with Crippen LogP contribution in [0.5, 0.6) is 11.5 Å². The second-order valence-electron chi connectivity index (χ2n) is 4.97. The number of carboxylic acid groups (broad SMARTS) is 1. The highest BCUT2D eigenvalue weighted by Crippen LogP contribution is 2.28. The number of carbonyl (C=O) groups excluding carboxylic acids is 1. The van der Waals surface area contributed by atoms with Gasteiger partial charge in [0, 0.05) is 12.6 Å². The van der Waals surface area contributed by atoms with Crippen molar-refractivity contribution in [2.24, 2.45) is 0 Å². The largest absolute Gasteiger partial charge is 0.497 e. The molecule has 0 aromatic heterocycles. The van der Waals surface area contributed by atoms with Crippen molar-refractivity contribution in [3.05, 3.63) is 18.2 Å². The van der Waals surface area contributed by atoms with Crippen molar-refractivity contribution in [3.63, 3.8) is 0 Å². The quantitative estimate of drug-likeness (QED) is 0.520. The Balaban J connectivity index is 2.75. The maximum Gasteiger partial charge on any atom is 0.321 e. The van der Waals surface area contributed by atoms with Crippen LogP contribution in [0.1, 0.15) is 13.3 Å². The first-order valence-corrected chi connectivity index (χ1v) is 7.03. The molecule has 0 radical (unpaired) electrons. The van der Waals surface area contributed by atoms with Crippen molar-refractivity contribution in [1.29, 1.82) is 0 Å². The second kappa shape index (κ2) is 8.96. The van der Waals surface area contributed by atoms with Gasteiger partial charge in [0.1, 0.15) is 17.5 Å². The van der Waals surface area contributed by atoms with Gasteiger partial charge in [0.15, 0.2) is 0 Å². The van der Waals surface area contributed by atoms with E-state index in [2.05, 4.69) is 10.6 Å². The number of rotatable bonds is 9. The summed E-state index contributed by atoms with van der Waals surface area (Å²) in [4.78, 5) is 23.2. The van der Waals surface area contributed by atoms with E-state index in [1.165, 1.54) is 21.1 Å². The number of carbonyl (C=O) groups is 2. The van der Waals surface area contributed by atoms with Crippen LogP contribution in [-0.2, 0) is 9.59 Å². The molecule has 0 fully saturated rings. The summed E-state index contributed by atoms with van der Waals surface area (Å²) in [7, 11) is 2.95. The Kier molecular flexibility index (Phi) is 7.30. The number of methoxy groups -OCH3 is 2. The summed E-state index contributed by atoms with van der Waals surface area (Å²) < 4.78 is 10.2. The number of carboxylic acids is 1. The van der Waals surface area contributed by atoms with E-state index in [1.807, 2.05) is 0 Å². The average Bonchev–Trinajstić information content (AvgIpc) is 2.50. The van der Waals surface area contributed by atoms with Crippen LogP contribution in [0.25, 0.3) is 0 Å². The monoisotopic (exact) mass is 326 g/mol. The Labute approximate surface area is 134 Å². The molecule has 128 valence electrons. The van der Waals surface area contributed by atoms with Crippen LogP contribution in [0, 0.1) is 0 Å². The first kappa shape index (κ1) is 18.7. The minimum absolute atomic E-state index is 0.0761. The van der Waals surface area contributed by atoms with Crippen molar-refractivity contribution >= 4 is 17.6 Å². The molecule has 0 saturated carbocycles. The van der Waals surface area contributed by atoms with E-state index in [0.717, 1.165) is 0 Å². The fraction of sp³-hybridized carbons (Fsp3) is 0.467. The number of aliphatic hydroxyl groups is 1. The van der Waals surface area contributed by atoms with Crippen molar-refractivity contribution in [2.45, 2.75) is 25.5 Å². The van der Waals surface area contributed by atoms with Gasteiger partial charge in [0.2, 0.25) is 5.91 Å². The summed E-state index contributed by atoms with van der Waals surface area (Å²) >= 11 is 0. The molecule has 1 aromatic carbocycles. The minimum Gasteiger partial charge on any atom is -0.497 e. The van der Waals surface area contributed by atoms with Gasteiger partial charge in [-0.15, -0.1) is 0 Å². The van der Waals surface area contributed by atoms with Crippen molar-refractivity contribution in [3.8, 4) is 11.5 Å². The van der Waals surface area contributed by atoms with Gasteiger partial charge in [-0.3, -0.25) is 9.59 Å². The van der Waals surface area contributed by atoms with E-state index < -0.39 is 24.0 Å². The smallest absolute Gasteiger partial charge is 0.321 e. The second-order valence-corrected chi connectivity index (χ2v) is 4.97. The van der Waals surface area contributed by atoms with E-state index in [1.54, 1.807) is 18.2 Å². The predicted octanol–water partition coefficient (Wildman–Crippen LogP) is 0.456. The first-order valence-electron chi connectivity index (χ1n) is 7.03. The lowest BCUT2D eigenvalue weighted by Crippen LogP contribution is -2.42. The topological polar surface area (TPSA) is 117 Å². The lowest BCUT2D eigenvalue weighted by atomic mass is 10.2. The maximum absolute atomic E-state index is 12.1. The van der Waals surface area contributed by atoms with Crippen LogP contribution in [0.4, 0.5) is 5.69 Å². The molecular formula is C15H22N2O6. The van der Waals surface area contributed by atoms with Gasteiger partial charge in [0.05, 0.1) is 32.4 Å². The van der Waals surface area contributed by atoms with Crippen LogP contribution in [0.15, 0.2) is 18.2 Å². The Morgan fingerprint density at radius 2 is 1.96 bits per heavy atom. The molecule has 0 aliphatic rings. The van der Waals surface area contributed by atoms with E-state index in [0.29, 0.717) is 17.2 Å². The summed E-state index contributed by atoms with van der Waals surface area (Å²) in [6, 6.07) is 3.80. The van der Waals surface area contributed by atoms with Crippen molar-refractivity contribution in [2.75, 3.05) is 26.1 Å². The normalized spacial score (nSPS) is 13.0. The van der Waals surface area contributed by atoms with E-state index >= 15 is 0 Å². The highest BCUT2D eigenvalue weighted by atomic mass is 16.5. The third-order valence-corrected chi connectivity index (χ3v) is 3.03. The predicted molar refractivity (Wildman–Crippen MR) is 83.9 cm³/mol. The molecule has 4 N–H and O–H groups in total. The van der Waals surface area contributed by atoms with Gasteiger partial charge in [-0.2, -0.15) is 0 Å². The minimum atomic E-state index is -1.17. The zero-order chi connectivity index (χ0) is 17.4. The molecule has 1 aromatic rings. The summed E-state index contributed by atoms with van der Waals surface area (Å²) in [5, 5.41) is 23.5. The number of hydrogen-bond acceptors (Lipinski definition) is 6. The molecule has 23 heavy (non-hydrogen) atoms. The van der Waals surface area contributed by atoms with Crippen LogP contribution in [0.3, 0.4) is 0 Å². The Hall–Kier alpha value is -2.32. The summed E-state index contributed by atoms with van der Waals surface area (Å²) in [5.74, 6) is -0.702. The van der Waals surface area contributed by atoms with Crippen molar-refractivity contribution < 1.29 is 29.3 Å². The zero-order valence-electron chi connectivity index (χ0n) is 13.3. The molecule has 0 heterocycles. The number of hydrogen-bond donors (Lipinski definition) is 4. The number of amides is 1. The van der Waals surface area contributed by atoms with Gasteiger partial charge in [0.25, 0.3) is 0 Å². The summed E-state index contributed by atoms with van der Waals surface area (Å²) in [6.07, 6.45) is -0.999. The van der Waals surface area contributed by atoms with Crippen molar-refractivity contribution in [1.82, 2.24) is 5.32 Å². The number of anilines is 1. The SMILES string of the molecule is COc1ccc(OC)c(NC(=O)CC(NCC(C)O)C(=O)O)c1. The first-order chi connectivity index (χ1) is 10.9. The fourth-order valence-corrected chi connectivity index (χ4v) is 1.86. The average molecular weight is 326 g/mol. The number of ether oxygens (including phenoxy) is 2. The Morgan fingerprint density at radius 1 is 1.26 bits per heavy atom. The molecule has 0 spiro atoms.